The highest BCUT2D eigenvalue weighted by atomic mass is 16.1. The van der Waals surface area contributed by atoms with Crippen LogP contribution in [0.4, 0.5) is 0 Å². The van der Waals surface area contributed by atoms with Crippen LogP contribution in [0.1, 0.15) is 126 Å². The van der Waals surface area contributed by atoms with Crippen molar-refractivity contribution < 1.29 is 4.79 Å². The van der Waals surface area contributed by atoms with E-state index in [4.69, 9.17) is 0 Å². The second kappa shape index (κ2) is 18.8. The minimum absolute atomic E-state index is 0.626. The summed E-state index contributed by atoms with van der Waals surface area (Å²) in [5.41, 5.74) is 1.60. The van der Waals surface area contributed by atoms with Crippen LogP contribution < -0.4 is 0 Å². The largest absolute Gasteiger partial charge is 0.353 e. The summed E-state index contributed by atoms with van der Waals surface area (Å²) < 4.78 is 0. The number of hydrogen-bond acceptors (Lipinski definition) is 1. The van der Waals surface area contributed by atoms with Gasteiger partial charge in [0.15, 0.2) is 6.29 Å². The van der Waals surface area contributed by atoms with E-state index in [9.17, 15) is 4.79 Å². The molecule has 2 heteroatoms. The minimum Gasteiger partial charge on any atom is -0.353 e. The van der Waals surface area contributed by atoms with E-state index in [1.165, 1.54) is 96.3 Å². The van der Waals surface area contributed by atoms with Crippen LogP contribution in [0.5, 0.6) is 0 Å². The van der Waals surface area contributed by atoms with Crippen molar-refractivity contribution in [1.82, 2.24) is 4.98 Å². The molecule has 0 spiro atoms. The Balaban J connectivity index is 1.80. The molecule has 0 saturated heterocycles. The van der Waals surface area contributed by atoms with Gasteiger partial charge in [-0.1, -0.05) is 115 Å². The van der Waals surface area contributed by atoms with Gasteiger partial charge in [0.1, 0.15) is 0 Å². The van der Waals surface area contributed by atoms with Crippen LogP contribution in [-0.2, 0) is 0 Å². The molecule has 0 aliphatic rings. The Morgan fingerprint density at radius 2 is 1.18 bits per heavy atom. The molecule has 1 rings (SSSR count). The van der Waals surface area contributed by atoms with Crippen LogP contribution in [0.15, 0.2) is 30.4 Å². The van der Waals surface area contributed by atoms with Gasteiger partial charge in [0, 0.05) is 5.69 Å². The zero-order valence-electron chi connectivity index (χ0n) is 18.3. The van der Waals surface area contributed by atoms with Crippen molar-refractivity contribution in [3.05, 3.63) is 41.7 Å². The first-order valence-corrected chi connectivity index (χ1v) is 11.8. The Kier molecular flexibility index (Phi) is 16.4. The molecule has 158 valence electrons. The lowest BCUT2D eigenvalue weighted by Crippen LogP contribution is -1.83. The zero-order chi connectivity index (χ0) is 20.1. The molecule has 0 aliphatic carbocycles. The molecule has 0 bridgehead atoms. The molecule has 0 unspecified atom stereocenters. The smallest absolute Gasteiger partial charge is 0.166 e. The monoisotopic (exact) mass is 385 g/mol. The number of allylic oxidation sites excluding steroid dienone is 3. The number of H-pyrrole nitrogens is 1. The maximum absolute atomic E-state index is 10.6. The molecule has 0 fully saturated rings. The molecule has 0 saturated carbocycles. The summed E-state index contributed by atoms with van der Waals surface area (Å²) in [7, 11) is 0. The van der Waals surface area contributed by atoms with Crippen molar-refractivity contribution >= 4 is 12.4 Å². The molecule has 0 aliphatic heterocycles. The quantitative estimate of drug-likeness (QED) is 0.144. The van der Waals surface area contributed by atoms with Gasteiger partial charge >= 0.3 is 0 Å². The number of carbonyl (C=O) groups is 1. The Bertz CT molecular complexity index is 526. The lowest BCUT2D eigenvalue weighted by Gasteiger charge is -2.03. The number of nitrogens with one attached hydrogen (secondary N) is 1. The molecule has 0 aromatic carbocycles. The summed E-state index contributed by atoms with van der Waals surface area (Å²) >= 11 is 0. The van der Waals surface area contributed by atoms with E-state index < -0.39 is 0 Å². The average Bonchev–Trinajstić information content (AvgIpc) is 3.18. The van der Waals surface area contributed by atoms with Crippen LogP contribution in [0, 0.1) is 0 Å². The van der Waals surface area contributed by atoms with Crippen molar-refractivity contribution in [1.29, 1.82) is 0 Å². The molecular formula is C26H43NO. The second-order valence-corrected chi connectivity index (χ2v) is 8.01. The van der Waals surface area contributed by atoms with Crippen molar-refractivity contribution in [3.8, 4) is 0 Å². The van der Waals surface area contributed by atoms with Gasteiger partial charge in [-0.05, 0) is 31.1 Å². The fourth-order valence-corrected chi connectivity index (χ4v) is 3.56. The lowest BCUT2D eigenvalue weighted by atomic mass is 10.0. The van der Waals surface area contributed by atoms with Gasteiger partial charge in [0.2, 0.25) is 0 Å². The Morgan fingerprint density at radius 3 is 1.68 bits per heavy atom. The summed E-state index contributed by atoms with van der Waals surface area (Å²) in [5.74, 6) is 0. The summed E-state index contributed by atoms with van der Waals surface area (Å²) in [4.78, 5) is 13.6. The number of hydrogen-bond donors (Lipinski definition) is 1. The molecule has 0 atom stereocenters. The molecule has 28 heavy (non-hydrogen) atoms. The summed E-state index contributed by atoms with van der Waals surface area (Å²) in [6.45, 7) is 2.29. The maximum atomic E-state index is 10.6. The van der Waals surface area contributed by atoms with Gasteiger partial charge in [-0.3, -0.25) is 4.79 Å². The summed E-state index contributed by atoms with van der Waals surface area (Å²) in [5, 5.41) is 0. The van der Waals surface area contributed by atoms with Crippen LogP contribution in [-0.4, -0.2) is 11.3 Å². The number of aromatic amines is 1. The van der Waals surface area contributed by atoms with E-state index in [2.05, 4.69) is 24.1 Å². The molecule has 1 aromatic heterocycles. The highest BCUT2D eigenvalue weighted by molar-refractivity contribution is 5.73. The van der Waals surface area contributed by atoms with E-state index in [1.54, 1.807) is 6.07 Å². The van der Waals surface area contributed by atoms with E-state index >= 15 is 0 Å². The standard InChI is InChI=1S/C26H43NO/c1-2-3-4-5-6-7-8-9-10-11-12-13-14-15-16-17-18-19-20-21-25-22-23-26(24-28)27-25/h18-24,27H,2-17H2,1H3/b19-18+,21-20+. The number of carbonyl (C=O) groups excluding carboxylic acids is 1. The molecule has 1 heterocycles. The van der Waals surface area contributed by atoms with Gasteiger partial charge in [0.05, 0.1) is 5.69 Å². The molecule has 0 amide bonds. The lowest BCUT2D eigenvalue weighted by molar-refractivity contribution is 0.111. The molecule has 2 nitrogen and oxygen atoms in total. The normalized spacial score (nSPS) is 11.8. The van der Waals surface area contributed by atoms with Crippen LogP contribution >= 0.6 is 0 Å². The van der Waals surface area contributed by atoms with Crippen molar-refractivity contribution in [2.45, 2.75) is 110 Å². The Hall–Kier alpha value is -1.57. The zero-order valence-corrected chi connectivity index (χ0v) is 18.3. The summed E-state index contributed by atoms with van der Waals surface area (Å²) in [6.07, 6.45) is 31.6. The highest BCUT2D eigenvalue weighted by Crippen LogP contribution is 2.13. The average molecular weight is 386 g/mol. The van der Waals surface area contributed by atoms with Crippen molar-refractivity contribution in [3.63, 3.8) is 0 Å². The molecule has 1 N–H and O–H groups in total. The van der Waals surface area contributed by atoms with Crippen LogP contribution in [0.2, 0.25) is 0 Å². The van der Waals surface area contributed by atoms with Gasteiger partial charge in [-0.2, -0.15) is 0 Å². The third kappa shape index (κ3) is 14.5. The Labute approximate surface area is 173 Å². The first-order valence-electron chi connectivity index (χ1n) is 11.8. The predicted molar refractivity (Wildman–Crippen MR) is 124 cm³/mol. The summed E-state index contributed by atoms with van der Waals surface area (Å²) in [6, 6.07) is 3.72. The van der Waals surface area contributed by atoms with E-state index in [1.807, 2.05) is 18.2 Å². The first kappa shape index (κ1) is 24.5. The number of aromatic nitrogens is 1. The fraction of sp³-hybridized carbons (Fsp3) is 0.654. The van der Waals surface area contributed by atoms with Crippen LogP contribution in [0.3, 0.4) is 0 Å². The second-order valence-electron chi connectivity index (χ2n) is 8.01. The topological polar surface area (TPSA) is 32.9 Å². The SMILES string of the molecule is CCCCCCCCCCCCCCCCC/C=C/C=C/c1ccc(C=O)[nH]1. The molecule has 0 radical (unpaired) electrons. The van der Waals surface area contributed by atoms with Gasteiger partial charge in [-0.15, -0.1) is 0 Å². The minimum atomic E-state index is 0.626. The van der Waals surface area contributed by atoms with Gasteiger partial charge in [0.25, 0.3) is 0 Å². The highest BCUT2D eigenvalue weighted by Gasteiger charge is 1.94. The maximum Gasteiger partial charge on any atom is 0.166 e. The van der Waals surface area contributed by atoms with E-state index in [0.717, 1.165) is 18.4 Å². The third-order valence-electron chi connectivity index (χ3n) is 5.36. The van der Waals surface area contributed by atoms with Gasteiger partial charge in [-0.25, -0.2) is 0 Å². The van der Waals surface area contributed by atoms with Crippen molar-refractivity contribution in [2.75, 3.05) is 0 Å². The first-order chi connectivity index (χ1) is 13.9. The third-order valence-corrected chi connectivity index (χ3v) is 5.36. The number of rotatable bonds is 19. The fourth-order valence-electron chi connectivity index (χ4n) is 3.56. The Morgan fingerprint density at radius 1 is 0.679 bits per heavy atom. The van der Waals surface area contributed by atoms with E-state index in [0.29, 0.717) is 5.69 Å². The van der Waals surface area contributed by atoms with Gasteiger partial charge < -0.3 is 4.98 Å². The van der Waals surface area contributed by atoms with E-state index in [-0.39, 0.29) is 0 Å². The van der Waals surface area contributed by atoms with Crippen LogP contribution in [0.25, 0.3) is 6.08 Å². The van der Waals surface area contributed by atoms with Crippen molar-refractivity contribution in [2.24, 2.45) is 0 Å². The molecule has 1 aromatic rings. The number of aldehydes is 1. The predicted octanol–water partition coefficient (Wildman–Crippen LogP) is 8.66. The molecular weight excluding hydrogens is 342 g/mol. The number of unbranched alkanes of at least 4 members (excludes halogenated alkanes) is 15.